The third-order valence-electron chi connectivity index (χ3n) is 4.39. The Morgan fingerprint density at radius 2 is 2.00 bits per heavy atom. The molecule has 1 amide bonds. The Labute approximate surface area is 145 Å². The van der Waals surface area contributed by atoms with Crippen LogP contribution in [0.2, 0.25) is 0 Å². The van der Waals surface area contributed by atoms with E-state index in [1.54, 1.807) is 29.0 Å². The van der Waals surface area contributed by atoms with Crippen LogP contribution in [-0.2, 0) is 13.1 Å². The van der Waals surface area contributed by atoms with Gasteiger partial charge in [0, 0.05) is 35.8 Å². The number of pyridine rings is 1. The maximum absolute atomic E-state index is 12.5. The number of amides is 1. The summed E-state index contributed by atoms with van der Waals surface area (Å²) in [5.41, 5.74) is 3.63. The molecule has 0 bridgehead atoms. The van der Waals surface area contributed by atoms with E-state index < -0.39 is 0 Å². The minimum atomic E-state index is -0.220. The van der Waals surface area contributed by atoms with Crippen LogP contribution >= 0.6 is 0 Å². The first-order valence-electron chi connectivity index (χ1n) is 8.21. The van der Waals surface area contributed by atoms with E-state index in [4.69, 9.17) is 0 Å². The molecular formula is C19H20N4O2. The van der Waals surface area contributed by atoms with Gasteiger partial charge in [-0.15, -0.1) is 0 Å². The fourth-order valence-corrected chi connectivity index (χ4v) is 2.71. The van der Waals surface area contributed by atoms with Crippen LogP contribution < -0.4 is 10.9 Å². The van der Waals surface area contributed by atoms with Crippen molar-refractivity contribution in [1.29, 1.82) is 0 Å². The van der Waals surface area contributed by atoms with E-state index in [0.717, 1.165) is 22.2 Å². The minimum Gasteiger partial charge on any atom is -0.348 e. The van der Waals surface area contributed by atoms with E-state index in [1.807, 2.05) is 32.9 Å². The molecule has 0 aliphatic heterocycles. The molecule has 0 saturated heterocycles. The molecule has 0 atom stereocenters. The SMILES string of the molecule is CCn1cccc(CNC(=O)c2ccc3nnc(C)c(C)c3c2)c1=O. The zero-order valence-corrected chi connectivity index (χ0v) is 14.5. The second kappa shape index (κ2) is 6.84. The van der Waals surface area contributed by atoms with Crippen LogP contribution in [0.4, 0.5) is 0 Å². The molecule has 0 spiro atoms. The summed E-state index contributed by atoms with van der Waals surface area (Å²) in [5, 5.41) is 12.0. The highest BCUT2D eigenvalue weighted by Crippen LogP contribution is 2.19. The second-order valence-corrected chi connectivity index (χ2v) is 5.95. The zero-order chi connectivity index (χ0) is 18.0. The van der Waals surface area contributed by atoms with Gasteiger partial charge in [-0.1, -0.05) is 6.07 Å². The lowest BCUT2D eigenvalue weighted by atomic mass is 10.1. The average molecular weight is 336 g/mol. The lowest BCUT2D eigenvalue weighted by Crippen LogP contribution is -2.29. The maximum Gasteiger partial charge on any atom is 0.255 e. The van der Waals surface area contributed by atoms with Crippen molar-refractivity contribution < 1.29 is 4.79 Å². The predicted octanol–water partition coefficient (Wildman–Crippen LogP) is 2.36. The van der Waals surface area contributed by atoms with Crippen molar-refractivity contribution in [3.8, 4) is 0 Å². The number of hydrogen-bond donors (Lipinski definition) is 1. The lowest BCUT2D eigenvalue weighted by Gasteiger charge is -2.09. The molecule has 0 radical (unpaired) electrons. The number of nitrogens with one attached hydrogen (secondary N) is 1. The Morgan fingerprint density at radius 1 is 1.20 bits per heavy atom. The highest BCUT2D eigenvalue weighted by Gasteiger charge is 2.10. The summed E-state index contributed by atoms with van der Waals surface area (Å²) in [5.74, 6) is -0.220. The Bertz CT molecular complexity index is 1010. The van der Waals surface area contributed by atoms with Crippen molar-refractivity contribution in [2.45, 2.75) is 33.9 Å². The van der Waals surface area contributed by atoms with Gasteiger partial charge in [0.25, 0.3) is 11.5 Å². The Morgan fingerprint density at radius 3 is 2.76 bits per heavy atom. The molecule has 6 heteroatoms. The van der Waals surface area contributed by atoms with E-state index in [1.165, 1.54) is 0 Å². The molecule has 1 aromatic carbocycles. The number of carbonyl (C=O) groups excluding carboxylic acids is 1. The van der Waals surface area contributed by atoms with Gasteiger partial charge in [0.1, 0.15) is 0 Å². The van der Waals surface area contributed by atoms with Crippen LogP contribution in [0.1, 0.15) is 34.1 Å². The molecule has 0 fully saturated rings. The molecule has 128 valence electrons. The van der Waals surface area contributed by atoms with Crippen molar-refractivity contribution in [2.24, 2.45) is 0 Å². The van der Waals surface area contributed by atoms with E-state index in [2.05, 4.69) is 15.5 Å². The fourth-order valence-electron chi connectivity index (χ4n) is 2.71. The van der Waals surface area contributed by atoms with E-state index >= 15 is 0 Å². The van der Waals surface area contributed by atoms with Gasteiger partial charge in [-0.3, -0.25) is 9.59 Å². The number of carbonyl (C=O) groups is 1. The third kappa shape index (κ3) is 3.28. The van der Waals surface area contributed by atoms with E-state index in [0.29, 0.717) is 17.7 Å². The number of rotatable bonds is 4. The number of fused-ring (bicyclic) bond motifs is 1. The molecule has 6 nitrogen and oxygen atoms in total. The average Bonchev–Trinajstić information content (AvgIpc) is 2.63. The Kier molecular flexibility index (Phi) is 4.61. The number of benzene rings is 1. The summed E-state index contributed by atoms with van der Waals surface area (Å²) < 4.78 is 1.61. The monoisotopic (exact) mass is 336 g/mol. The summed E-state index contributed by atoms with van der Waals surface area (Å²) in [6, 6.07) is 8.87. The predicted molar refractivity (Wildman–Crippen MR) is 96.6 cm³/mol. The highest BCUT2D eigenvalue weighted by molar-refractivity contribution is 5.98. The minimum absolute atomic E-state index is 0.0782. The van der Waals surface area contributed by atoms with Crippen LogP contribution in [0.25, 0.3) is 10.9 Å². The number of nitrogens with zero attached hydrogens (tertiary/aromatic N) is 3. The number of hydrogen-bond acceptors (Lipinski definition) is 4. The fraction of sp³-hybridized carbons (Fsp3) is 0.263. The van der Waals surface area contributed by atoms with Gasteiger partial charge < -0.3 is 9.88 Å². The first kappa shape index (κ1) is 16.8. The maximum atomic E-state index is 12.5. The van der Waals surface area contributed by atoms with Crippen molar-refractivity contribution in [2.75, 3.05) is 0 Å². The third-order valence-corrected chi connectivity index (χ3v) is 4.39. The normalized spacial score (nSPS) is 10.8. The van der Waals surface area contributed by atoms with E-state index in [9.17, 15) is 9.59 Å². The molecule has 0 unspecified atom stereocenters. The van der Waals surface area contributed by atoms with Crippen molar-refractivity contribution in [1.82, 2.24) is 20.1 Å². The number of aryl methyl sites for hydroxylation is 3. The highest BCUT2D eigenvalue weighted by atomic mass is 16.2. The lowest BCUT2D eigenvalue weighted by molar-refractivity contribution is 0.0951. The molecule has 1 N–H and O–H groups in total. The quantitative estimate of drug-likeness (QED) is 0.793. The molecule has 2 heterocycles. The second-order valence-electron chi connectivity index (χ2n) is 5.95. The Hall–Kier alpha value is -3.02. The number of aromatic nitrogens is 3. The molecule has 3 rings (SSSR count). The van der Waals surface area contributed by atoms with Crippen LogP contribution in [0.5, 0.6) is 0 Å². The molecular weight excluding hydrogens is 316 g/mol. The van der Waals surface area contributed by atoms with E-state index in [-0.39, 0.29) is 18.0 Å². The molecule has 3 aromatic rings. The van der Waals surface area contributed by atoms with Crippen LogP contribution in [0, 0.1) is 13.8 Å². The van der Waals surface area contributed by atoms with Crippen LogP contribution in [-0.4, -0.2) is 20.7 Å². The summed E-state index contributed by atoms with van der Waals surface area (Å²) in [7, 11) is 0. The topological polar surface area (TPSA) is 76.9 Å². The molecule has 25 heavy (non-hydrogen) atoms. The standard InChI is InChI=1S/C19H20N4O2/c1-4-23-9-5-6-15(19(23)25)11-20-18(24)14-7-8-17-16(10-14)12(2)13(3)21-22-17/h5-10H,4,11H2,1-3H3,(H,20,24). The largest absolute Gasteiger partial charge is 0.348 e. The Balaban J connectivity index is 1.83. The molecule has 2 aromatic heterocycles. The van der Waals surface area contributed by atoms with Crippen LogP contribution in [0.15, 0.2) is 41.3 Å². The summed E-state index contributed by atoms with van der Waals surface area (Å²) in [6.07, 6.45) is 1.74. The smallest absolute Gasteiger partial charge is 0.255 e. The zero-order valence-electron chi connectivity index (χ0n) is 14.5. The summed E-state index contributed by atoms with van der Waals surface area (Å²) in [6.45, 7) is 6.56. The van der Waals surface area contributed by atoms with Gasteiger partial charge in [0.2, 0.25) is 0 Å². The molecule has 0 aliphatic rings. The van der Waals surface area contributed by atoms with Gasteiger partial charge in [-0.25, -0.2) is 0 Å². The molecule has 0 aliphatic carbocycles. The summed E-state index contributed by atoms with van der Waals surface area (Å²) in [4.78, 5) is 24.7. The first-order valence-corrected chi connectivity index (χ1v) is 8.21. The first-order chi connectivity index (χ1) is 12.0. The summed E-state index contributed by atoms with van der Waals surface area (Å²) >= 11 is 0. The molecule has 0 saturated carbocycles. The van der Waals surface area contributed by atoms with Crippen molar-refractivity contribution >= 4 is 16.8 Å². The van der Waals surface area contributed by atoms with Gasteiger partial charge >= 0.3 is 0 Å². The van der Waals surface area contributed by atoms with Crippen LogP contribution in [0.3, 0.4) is 0 Å². The van der Waals surface area contributed by atoms with Crippen molar-refractivity contribution in [3.05, 3.63) is 69.3 Å². The van der Waals surface area contributed by atoms with Crippen molar-refractivity contribution in [3.63, 3.8) is 0 Å². The van der Waals surface area contributed by atoms with Gasteiger partial charge in [0.05, 0.1) is 11.2 Å². The van der Waals surface area contributed by atoms with Gasteiger partial charge in [-0.05, 0) is 50.6 Å². The van der Waals surface area contributed by atoms with Gasteiger partial charge in [-0.2, -0.15) is 10.2 Å². The van der Waals surface area contributed by atoms with Gasteiger partial charge in [0.15, 0.2) is 0 Å².